The second kappa shape index (κ2) is 5.13. The average molecular weight is 314 g/mol. The smallest absolute Gasteiger partial charge is 0.204 e. The van der Waals surface area contributed by atoms with Crippen molar-refractivity contribution >= 4 is 44.0 Å². The van der Waals surface area contributed by atoms with Crippen LogP contribution in [0.4, 0.5) is 5.13 Å². The molecule has 0 amide bonds. The summed E-state index contributed by atoms with van der Waals surface area (Å²) < 4.78 is 1.16. The van der Waals surface area contributed by atoms with Crippen LogP contribution in [0.15, 0.2) is 47.6 Å². The van der Waals surface area contributed by atoms with Gasteiger partial charge in [0, 0.05) is 10.6 Å². The molecule has 0 bridgehead atoms. The monoisotopic (exact) mass is 313 g/mol. The van der Waals surface area contributed by atoms with Crippen LogP contribution >= 0.6 is 22.9 Å². The van der Waals surface area contributed by atoms with E-state index in [1.807, 2.05) is 30.3 Å². The first kappa shape index (κ1) is 12.8. The van der Waals surface area contributed by atoms with Gasteiger partial charge in [0.1, 0.15) is 0 Å². The molecule has 0 spiro atoms. The normalized spacial score (nSPS) is 15.6. The first-order valence-corrected chi connectivity index (χ1v) is 7.96. The van der Waals surface area contributed by atoms with E-state index in [1.165, 1.54) is 5.56 Å². The summed E-state index contributed by atoms with van der Waals surface area (Å²) in [5, 5.41) is 6.10. The van der Waals surface area contributed by atoms with Gasteiger partial charge in [0.2, 0.25) is 5.13 Å². The van der Waals surface area contributed by atoms with Crippen molar-refractivity contribution in [2.24, 2.45) is 5.10 Å². The Labute approximate surface area is 131 Å². The van der Waals surface area contributed by atoms with Crippen LogP contribution < -0.4 is 5.43 Å². The first-order valence-electron chi connectivity index (χ1n) is 6.76. The van der Waals surface area contributed by atoms with Crippen molar-refractivity contribution in [2.45, 2.75) is 12.8 Å². The van der Waals surface area contributed by atoms with Crippen molar-refractivity contribution in [3.05, 3.63) is 58.6 Å². The second-order valence-corrected chi connectivity index (χ2v) is 6.43. The predicted molar refractivity (Wildman–Crippen MR) is 89.6 cm³/mol. The maximum absolute atomic E-state index is 6.07. The molecule has 0 atom stereocenters. The SMILES string of the molecule is Clc1ccc2c(c1)C(=NNc1nc3ccccc3s1)CC2. The molecule has 3 aromatic rings. The van der Waals surface area contributed by atoms with Crippen LogP contribution in [-0.4, -0.2) is 10.7 Å². The third-order valence-corrected chi connectivity index (χ3v) is 4.77. The number of nitrogens with zero attached hydrogens (tertiary/aromatic N) is 2. The van der Waals surface area contributed by atoms with Gasteiger partial charge in [0.05, 0.1) is 15.9 Å². The highest BCUT2D eigenvalue weighted by molar-refractivity contribution is 7.22. The number of thiazole rings is 1. The van der Waals surface area contributed by atoms with Gasteiger partial charge in [0.25, 0.3) is 0 Å². The lowest BCUT2D eigenvalue weighted by Gasteiger charge is -2.01. The summed E-state index contributed by atoms with van der Waals surface area (Å²) >= 11 is 7.68. The number of aromatic nitrogens is 1. The van der Waals surface area contributed by atoms with Gasteiger partial charge in [0.15, 0.2) is 0 Å². The minimum absolute atomic E-state index is 0.753. The van der Waals surface area contributed by atoms with Crippen LogP contribution in [0.2, 0.25) is 5.02 Å². The molecule has 0 saturated carbocycles. The van der Waals surface area contributed by atoms with Crippen LogP contribution in [-0.2, 0) is 6.42 Å². The van der Waals surface area contributed by atoms with E-state index in [2.05, 4.69) is 27.6 Å². The molecular weight excluding hydrogens is 302 g/mol. The Bertz CT molecular complexity index is 821. The predicted octanol–water partition coefficient (Wildman–Crippen LogP) is 4.71. The van der Waals surface area contributed by atoms with Crippen LogP contribution in [0.1, 0.15) is 17.5 Å². The Kier molecular flexibility index (Phi) is 3.13. The lowest BCUT2D eigenvalue weighted by atomic mass is 10.1. The van der Waals surface area contributed by atoms with Gasteiger partial charge >= 0.3 is 0 Å². The summed E-state index contributed by atoms with van der Waals surface area (Å²) in [5.74, 6) is 0. The number of hydrazone groups is 1. The molecule has 4 rings (SSSR count). The second-order valence-electron chi connectivity index (χ2n) is 4.96. The summed E-state index contributed by atoms with van der Waals surface area (Å²) in [6.07, 6.45) is 1.96. The average Bonchev–Trinajstić information content (AvgIpc) is 3.07. The molecular formula is C16H12ClN3S. The molecule has 0 unspecified atom stereocenters. The topological polar surface area (TPSA) is 37.3 Å². The molecule has 1 heterocycles. The highest BCUT2D eigenvalue weighted by Gasteiger charge is 2.18. The van der Waals surface area contributed by atoms with Crippen molar-refractivity contribution in [1.82, 2.24) is 4.98 Å². The third-order valence-electron chi connectivity index (χ3n) is 3.59. The zero-order chi connectivity index (χ0) is 14.2. The number of benzene rings is 2. The fourth-order valence-corrected chi connectivity index (χ4v) is 3.56. The number of hydrogen-bond acceptors (Lipinski definition) is 4. The van der Waals surface area contributed by atoms with E-state index in [9.17, 15) is 0 Å². The summed E-state index contributed by atoms with van der Waals surface area (Å²) in [6, 6.07) is 14.1. The highest BCUT2D eigenvalue weighted by Crippen LogP contribution is 2.28. The Morgan fingerprint density at radius 3 is 2.95 bits per heavy atom. The van der Waals surface area contributed by atoms with Crippen molar-refractivity contribution in [1.29, 1.82) is 0 Å². The number of hydrogen-bond donors (Lipinski definition) is 1. The molecule has 1 aliphatic rings. The van der Waals surface area contributed by atoms with Crippen LogP contribution in [0.25, 0.3) is 10.2 Å². The maximum atomic E-state index is 6.07. The Morgan fingerprint density at radius 2 is 2.05 bits per heavy atom. The van der Waals surface area contributed by atoms with E-state index in [4.69, 9.17) is 11.6 Å². The highest BCUT2D eigenvalue weighted by atomic mass is 35.5. The Morgan fingerprint density at radius 1 is 1.14 bits per heavy atom. The van der Waals surface area contributed by atoms with Gasteiger partial charge in [-0.1, -0.05) is 41.1 Å². The van der Waals surface area contributed by atoms with Gasteiger partial charge in [-0.15, -0.1) is 0 Å². The molecule has 1 N–H and O–H groups in total. The quantitative estimate of drug-likeness (QED) is 0.695. The summed E-state index contributed by atoms with van der Waals surface area (Å²) in [4.78, 5) is 4.52. The van der Waals surface area contributed by atoms with E-state index in [1.54, 1.807) is 11.3 Å². The zero-order valence-corrected chi connectivity index (χ0v) is 12.7. The van der Waals surface area contributed by atoms with Crippen LogP contribution in [0, 0.1) is 0 Å². The number of aryl methyl sites for hydroxylation is 1. The maximum Gasteiger partial charge on any atom is 0.204 e. The van der Waals surface area contributed by atoms with Crippen LogP contribution in [0.5, 0.6) is 0 Å². The molecule has 2 aromatic carbocycles. The minimum atomic E-state index is 0.753. The van der Waals surface area contributed by atoms with E-state index in [0.717, 1.165) is 44.5 Å². The number of fused-ring (bicyclic) bond motifs is 2. The lowest BCUT2D eigenvalue weighted by molar-refractivity contribution is 1.09. The third kappa shape index (κ3) is 2.41. The van der Waals surface area contributed by atoms with Crippen LogP contribution in [0.3, 0.4) is 0 Å². The van der Waals surface area contributed by atoms with Crippen molar-refractivity contribution in [3.8, 4) is 0 Å². The molecule has 0 saturated heterocycles. The molecule has 1 aliphatic carbocycles. The van der Waals surface area contributed by atoms with Gasteiger partial charge < -0.3 is 0 Å². The molecule has 5 heteroatoms. The number of para-hydroxylation sites is 1. The summed E-state index contributed by atoms with van der Waals surface area (Å²) in [5.41, 5.74) is 7.60. The van der Waals surface area contributed by atoms with Gasteiger partial charge in [-0.05, 0) is 42.7 Å². The summed E-state index contributed by atoms with van der Waals surface area (Å²) in [6.45, 7) is 0. The zero-order valence-electron chi connectivity index (χ0n) is 11.1. The van der Waals surface area contributed by atoms with Gasteiger partial charge in [-0.3, -0.25) is 5.43 Å². The Hall–Kier alpha value is -1.91. The standard InChI is InChI=1S/C16H12ClN3S/c17-11-7-5-10-6-8-13(12(10)9-11)19-20-16-18-14-3-1-2-4-15(14)21-16/h1-5,7,9H,6,8H2,(H,18,20). The van der Waals surface area contributed by atoms with E-state index in [0.29, 0.717) is 0 Å². The first-order chi connectivity index (χ1) is 10.3. The van der Waals surface area contributed by atoms with E-state index >= 15 is 0 Å². The van der Waals surface area contributed by atoms with Crippen molar-refractivity contribution in [2.75, 3.05) is 5.43 Å². The van der Waals surface area contributed by atoms with E-state index < -0.39 is 0 Å². The fraction of sp³-hybridized carbons (Fsp3) is 0.125. The molecule has 0 radical (unpaired) electrons. The molecule has 0 aliphatic heterocycles. The van der Waals surface area contributed by atoms with Gasteiger partial charge in [-0.2, -0.15) is 5.10 Å². The fourth-order valence-electron chi connectivity index (χ4n) is 2.57. The van der Waals surface area contributed by atoms with E-state index in [-0.39, 0.29) is 0 Å². The molecule has 3 nitrogen and oxygen atoms in total. The Balaban J connectivity index is 1.63. The number of nitrogens with one attached hydrogen (secondary N) is 1. The largest absolute Gasteiger partial charge is 0.252 e. The molecule has 104 valence electrons. The van der Waals surface area contributed by atoms with Crippen molar-refractivity contribution < 1.29 is 0 Å². The van der Waals surface area contributed by atoms with Crippen molar-refractivity contribution in [3.63, 3.8) is 0 Å². The molecule has 0 fully saturated rings. The number of anilines is 1. The minimum Gasteiger partial charge on any atom is -0.252 e. The summed E-state index contributed by atoms with van der Waals surface area (Å²) in [7, 11) is 0. The number of rotatable bonds is 2. The number of halogens is 1. The molecule has 1 aromatic heterocycles. The van der Waals surface area contributed by atoms with Gasteiger partial charge in [-0.25, -0.2) is 4.98 Å². The molecule has 21 heavy (non-hydrogen) atoms. The lowest BCUT2D eigenvalue weighted by Crippen LogP contribution is -1.99.